The average Bonchev–Trinajstić information content (AvgIpc) is 1.31. The summed E-state index contributed by atoms with van der Waals surface area (Å²) < 4.78 is 0. The monoisotopic (exact) mass is 166 g/mol. The third-order valence-corrected chi connectivity index (χ3v) is 0.642. The van der Waals surface area contributed by atoms with Crippen molar-refractivity contribution in [3.8, 4) is 0 Å². The fourth-order valence-corrected chi connectivity index (χ4v) is 0. The number of rotatable bonds is 0. The van der Waals surface area contributed by atoms with Crippen molar-refractivity contribution in [1.29, 1.82) is 0 Å². The normalized spacial score (nSPS) is 9.88. The van der Waals surface area contributed by atoms with Crippen molar-refractivity contribution in [2.24, 2.45) is 5.41 Å². The fourth-order valence-electron chi connectivity index (χ4n) is 0. The molecule has 0 heterocycles. The molecule has 2 nitrogen and oxygen atoms in total. The van der Waals surface area contributed by atoms with E-state index in [2.05, 4.69) is 0 Å². The van der Waals surface area contributed by atoms with Gasteiger partial charge >= 0.3 is 25.4 Å². The van der Waals surface area contributed by atoms with Crippen molar-refractivity contribution in [3.05, 3.63) is 0 Å². The number of hydrogen-bond donors (Lipinski definition) is 1. The predicted octanol–water partition coefficient (Wildman–Crippen LogP) is 1.11. The standard InChI is InChI=1S/C5H10O2.Zn/c1-5(2,3)4(6)7;/h1-3H3,(H,6,7);/q;+2. The van der Waals surface area contributed by atoms with Gasteiger partial charge in [0.2, 0.25) is 0 Å². The second kappa shape index (κ2) is 3.19. The number of carbonyl (C=O) groups is 1. The molecule has 0 aromatic carbocycles. The molecule has 0 aliphatic rings. The van der Waals surface area contributed by atoms with Crippen molar-refractivity contribution in [2.45, 2.75) is 20.8 Å². The van der Waals surface area contributed by atoms with E-state index in [4.69, 9.17) is 5.11 Å². The molecule has 0 bridgehead atoms. The van der Waals surface area contributed by atoms with Crippen LogP contribution in [0.2, 0.25) is 0 Å². The molecule has 0 atom stereocenters. The van der Waals surface area contributed by atoms with Gasteiger partial charge in [-0.3, -0.25) is 4.79 Å². The van der Waals surface area contributed by atoms with Crippen LogP contribution in [0.1, 0.15) is 20.8 Å². The molecule has 0 radical (unpaired) electrons. The molecule has 0 saturated carbocycles. The van der Waals surface area contributed by atoms with E-state index in [1.807, 2.05) is 0 Å². The smallest absolute Gasteiger partial charge is 0.481 e. The molecule has 0 aromatic heterocycles. The minimum atomic E-state index is -0.757. The van der Waals surface area contributed by atoms with Crippen LogP contribution >= 0.6 is 0 Å². The summed E-state index contributed by atoms with van der Waals surface area (Å²) >= 11 is 0. The second-order valence-electron chi connectivity index (χ2n) is 2.56. The second-order valence-corrected chi connectivity index (χ2v) is 2.56. The zero-order chi connectivity index (χ0) is 6.08. The van der Waals surface area contributed by atoms with Crippen molar-refractivity contribution < 1.29 is 29.4 Å². The van der Waals surface area contributed by atoms with E-state index < -0.39 is 11.4 Å². The Morgan fingerprint density at radius 2 is 1.50 bits per heavy atom. The molecule has 8 heavy (non-hydrogen) atoms. The number of carboxylic acids is 1. The topological polar surface area (TPSA) is 37.3 Å². The molecule has 0 aliphatic carbocycles. The molecule has 0 unspecified atom stereocenters. The van der Waals surface area contributed by atoms with Gasteiger partial charge in [0, 0.05) is 0 Å². The molecule has 0 aliphatic heterocycles. The van der Waals surface area contributed by atoms with Crippen LogP contribution in [0, 0.1) is 5.41 Å². The summed E-state index contributed by atoms with van der Waals surface area (Å²) in [6, 6.07) is 0. The third kappa shape index (κ3) is 4.26. The molecular weight excluding hydrogens is 157 g/mol. The first-order valence-electron chi connectivity index (χ1n) is 2.18. The first-order chi connectivity index (χ1) is 2.94. The summed E-state index contributed by atoms with van der Waals surface area (Å²) in [6.45, 7) is 4.99. The quantitative estimate of drug-likeness (QED) is 0.549. The Bertz CT molecular complexity index is 82.9. The zero-order valence-electron chi connectivity index (χ0n) is 5.56. The van der Waals surface area contributed by atoms with E-state index in [1.165, 1.54) is 0 Å². The van der Waals surface area contributed by atoms with E-state index in [0.717, 1.165) is 0 Å². The zero-order valence-corrected chi connectivity index (χ0v) is 8.53. The van der Waals surface area contributed by atoms with Crippen LogP contribution in [-0.4, -0.2) is 11.1 Å². The fraction of sp³-hybridized carbons (Fsp3) is 0.800. The summed E-state index contributed by atoms with van der Waals surface area (Å²) in [5.74, 6) is -0.757. The Hall–Kier alpha value is 0.0934. The van der Waals surface area contributed by atoms with Crippen LogP contribution in [0.4, 0.5) is 0 Å². The van der Waals surface area contributed by atoms with E-state index in [0.29, 0.717) is 0 Å². The van der Waals surface area contributed by atoms with E-state index >= 15 is 0 Å². The van der Waals surface area contributed by atoms with Crippen LogP contribution in [0.25, 0.3) is 0 Å². The molecule has 0 amide bonds. The molecule has 1 N–H and O–H groups in total. The van der Waals surface area contributed by atoms with Crippen LogP contribution in [0.5, 0.6) is 0 Å². The largest absolute Gasteiger partial charge is 2.00 e. The Kier molecular flexibility index (Phi) is 4.37. The van der Waals surface area contributed by atoms with Crippen LogP contribution in [0.15, 0.2) is 0 Å². The Morgan fingerprint density at radius 3 is 1.50 bits per heavy atom. The molecule has 0 saturated heterocycles. The Balaban J connectivity index is 0. The first-order valence-corrected chi connectivity index (χ1v) is 2.18. The summed E-state index contributed by atoms with van der Waals surface area (Å²) in [6.07, 6.45) is 0. The third-order valence-electron chi connectivity index (χ3n) is 0.642. The average molecular weight is 168 g/mol. The van der Waals surface area contributed by atoms with Gasteiger partial charge in [0.25, 0.3) is 0 Å². The van der Waals surface area contributed by atoms with Crippen LogP contribution < -0.4 is 0 Å². The summed E-state index contributed by atoms with van der Waals surface area (Å²) in [5, 5.41) is 8.25. The van der Waals surface area contributed by atoms with Gasteiger partial charge in [-0.15, -0.1) is 0 Å². The molecule has 0 rings (SSSR count). The maximum absolute atomic E-state index is 10.0. The molecule has 0 spiro atoms. The van der Waals surface area contributed by atoms with Gasteiger partial charge < -0.3 is 5.11 Å². The molecule has 0 aromatic rings. The number of hydrogen-bond acceptors (Lipinski definition) is 1. The molecule has 0 fully saturated rings. The van der Waals surface area contributed by atoms with Gasteiger partial charge in [-0.1, -0.05) is 0 Å². The maximum Gasteiger partial charge on any atom is 2.00 e. The first kappa shape index (κ1) is 11.0. The Morgan fingerprint density at radius 1 is 1.38 bits per heavy atom. The SMILES string of the molecule is CC(C)(C)C(=O)O.[Zn+2]. The van der Waals surface area contributed by atoms with E-state index in [1.54, 1.807) is 20.8 Å². The van der Waals surface area contributed by atoms with Gasteiger partial charge in [-0.05, 0) is 20.8 Å². The van der Waals surface area contributed by atoms with Crippen LogP contribution in [-0.2, 0) is 24.3 Å². The van der Waals surface area contributed by atoms with Crippen molar-refractivity contribution in [3.63, 3.8) is 0 Å². The van der Waals surface area contributed by atoms with Gasteiger partial charge in [-0.2, -0.15) is 0 Å². The molecule has 3 heteroatoms. The van der Waals surface area contributed by atoms with Gasteiger partial charge in [0.15, 0.2) is 0 Å². The Labute approximate surface area is 62.0 Å². The number of carboxylic acid groups (broad SMARTS) is 1. The van der Waals surface area contributed by atoms with Crippen molar-refractivity contribution in [1.82, 2.24) is 0 Å². The summed E-state index contributed by atoms with van der Waals surface area (Å²) in [7, 11) is 0. The van der Waals surface area contributed by atoms with Crippen molar-refractivity contribution in [2.75, 3.05) is 0 Å². The van der Waals surface area contributed by atoms with Crippen molar-refractivity contribution >= 4 is 5.97 Å². The van der Waals surface area contributed by atoms with E-state index in [-0.39, 0.29) is 19.5 Å². The predicted molar refractivity (Wildman–Crippen MR) is 27.1 cm³/mol. The maximum atomic E-state index is 10.0. The summed E-state index contributed by atoms with van der Waals surface area (Å²) in [5.41, 5.74) is -0.583. The van der Waals surface area contributed by atoms with Crippen LogP contribution in [0.3, 0.4) is 0 Å². The minimum Gasteiger partial charge on any atom is -0.481 e. The molecular formula is C5H10O2Zn+2. The molecule has 42 valence electrons. The van der Waals surface area contributed by atoms with E-state index in [9.17, 15) is 4.79 Å². The van der Waals surface area contributed by atoms with Gasteiger partial charge in [0.1, 0.15) is 0 Å². The summed E-state index contributed by atoms with van der Waals surface area (Å²) in [4.78, 5) is 10.0. The number of aliphatic carboxylic acids is 1. The minimum absolute atomic E-state index is 0. The van der Waals surface area contributed by atoms with Gasteiger partial charge in [0.05, 0.1) is 5.41 Å². The van der Waals surface area contributed by atoms with Gasteiger partial charge in [-0.25, -0.2) is 0 Å².